The number of hydrogen-bond donors (Lipinski definition) is 1. The number of rotatable bonds is 13. The molecule has 0 aromatic heterocycles. The summed E-state index contributed by atoms with van der Waals surface area (Å²) in [6.45, 7) is 2.55. The van der Waals surface area contributed by atoms with Gasteiger partial charge in [-0.25, -0.2) is 8.42 Å². The number of likely N-dealkylation sites (N-methyl/N-ethyl adjacent to an activating group) is 1. The van der Waals surface area contributed by atoms with Crippen molar-refractivity contribution in [1.29, 1.82) is 0 Å². The van der Waals surface area contributed by atoms with Gasteiger partial charge in [-0.3, -0.25) is 24.0 Å². The van der Waals surface area contributed by atoms with E-state index in [0.29, 0.717) is 17.1 Å². The summed E-state index contributed by atoms with van der Waals surface area (Å²) in [5.41, 5.74) is 0.703. The molecule has 0 aliphatic heterocycles. The first-order valence-electron chi connectivity index (χ1n) is 13.0. The van der Waals surface area contributed by atoms with Gasteiger partial charge in [-0.05, 0) is 61.4 Å². The molecule has 1 unspecified atom stereocenters. The highest BCUT2D eigenvalue weighted by Gasteiger charge is 2.34. The van der Waals surface area contributed by atoms with Crippen molar-refractivity contribution in [3.8, 4) is 11.5 Å². The lowest BCUT2D eigenvalue weighted by Gasteiger charge is -2.33. The van der Waals surface area contributed by atoms with E-state index in [-0.39, 0.29) is 34.8 Å². The molecule has 0 aliphatic carbocycles. The van der Waals surface area contributed by atoms with Crippen LogP contribution >= 0.6 is 0 Å². The largest absolute Gasteiger partial charge is 0.497 e. The predicted molar refractivity (Wildman–Crippen MR) is 157 cm³/mol. The van der Waals surface area contributed by atoms with Crippen LogP contribution in [0.5, 0.6) is 11.5 Å². The second kappa shape index (κ2) is 13.8. The molecule has 0 spiro atoms. The van der Waals surface area contributed by atoms with Crippen molar-refractivity contribution in [3.05, 3.63) is 88.0 Å². The van der Waals surface area contributed by atoms with Gasteiger partial charge in [-0.2, -0.15) is 0 Å². The Morgan fingerprint density at radius 3 is 2.24 bits per heavy atom. The van der Waals surface area contributed by atoms with Crippen LogP contribution in [0.15, 0.2) is 71.6 Å². The number of anilines is 1. The van der Waals surface area contributed by atoms with E-state index in [2.05, 4.69) is 5.32 Å². The van der Waals surface area contributed by atoms with Gasteiger partial charge < -0.3 is 19.7 Å². The Hall–Kier alpha value is -4.65. The Labute approximate surface area is 245 Å². The molecule has 3 aromatic carbocycles. The number of carbonyl (C=O) groups is 2. The van der Waals surface area contributed by atoms with Gasteiger partial charge in [0.15, 0.2) is 0 Å². The topological polar surface area (TPSA) is 148 Å². The van der Waals surface area contributed by atoms with Gasteiger partial charge >= 0.3 is 0 Å². The lowest BCUT2D eigenvalue weighted by molar-refractivity contribution is -0.385. The standard InChI is InChI=1S/C29H34N4O8S/c1-6-26(29(35)30-3)31(18-21-8-7-9-24(16-21)41-5)28(34)19-32(22-11-13-23(40-4)14-12-22)42(38,39)25-15-10-20(2)27(17-25)33(36)37/h7-17,26H,6,18-19H2,1-5H3,(H,30,35). The van der Waals surface area contributed by atoms with Crippen molar-refractivity contribution < 1.29 is 32.4 Å². The summed E-state index contributed by atoms with van der Waals surface area (Å²) in [5.74, 6) is -0.0639. The molecule has 42 heavy (non-hydrogen) atoms. The summed E-state index contributed by atoms with van der Waals surface area (Å²) < 4.78 is 39.4. The number of nitrogens with zero attached hydrogens (tertiary/aromatic N) is 3. The van der Waals surface area contributed by atoms with Gasteiger partial charge in [0.2, 0.25) is 11.8 Å². The van der Waals surface area contributed by atoms with Crippen LogP contribution in [0.1, 0.15) is 24.5 Å². The van der Waals surface area contributed by atoms with Gasteiger partial charge in [0.25, 0.3) is 15.7 Å². The number of hydrogen-bond acceptors (Lipinski definition) is 8. The Balaban J connectivity index is 2.12. The molecule has 0 saturated carbocycles. The van der Waals surface area contributed by atoms with Crippen LogP contribution < -0.4 is 19.1 Å². The lowest BCUT2D eigenvalue weighted by Crippen LogP contribution is -2.51. The van der Waals surface area contributed by atoms with E-state index in [4.69, 9.17) is 9.47 Å². The van der Waals surface area contributed by atoms with E-state index in [1.165, 1.54) is 69.5 Å². The number of aryl methyl sites for hydroxylation is 1. The van der Waals surface area contributed by atoms with Gasteiger partial charge in [-0.1, -0.05) is 25.1 Å². The molecule has 3 rings (SSSR count). The highest BCUT2D eigenvalue weighted by Crippen LogP contribution is 2.29. The molecule has 0 radical (unpaired) electrons. The third-order valence-corrected chi connectivity index (χ3v) is 8.49. The predicted octanol–water partition coefficient (Wildman–Crippen LogP) is 3.67. The molecule has 2 amide bonds. The minimum atomic E-state index is -4.50. The van der Waals surface area contributed by atoms with Crippen LogP contribution in [0.2, 0.25) is 0 Å². The summed E-state index contributed by atoms with van der Waals surface area (Å²) in [6, 6.07) is 15.6. The molecule has 224 valence electrons. The van der Waals surface area contributed by atoms with Crippen LogP contribution in [0.3, 0.4) is 0 Å². The van der Waals surface area contributed by atoms with Crippen LogP contribution in [0, 0.1) is 17.0 Å². The molecule has 0 fully saturated rings. The Kier molecular flexibility index (Phi) is 10.5. The van der Waals surface area contributed by atoms with Crippen LogP contribution in [0.25, 0.3) is 0 Å². The fourth-order valence-electron chi connectivity index (χ4n) is 4.40. The zero-order valence-corrected chi connectivity index (χ0v) is 24.9. The molecule has 0 bridgehead atoms. The van der Waals surface area contributed by atoms with E-state index < -0.39 is 39.3 Å². The molecule has 1 atom stereocenters. The highest BCUT2D eigenvalue weighted by molar-refractivity contribution is 7.92. The summed E-state index contributed by atoms with van der Waals surface area (Å²) in [6.07, 6.45) is 0.259. The van der Waals surface area contributed by atoms with Crippen molar-refractivity contribution in [1.82, 2.24) is 10.2 Å². The number of benzene rings is 3. The van der Waals surface area contributed by atoms with E-state index >= 15 is 0 Å². The van der Waals surface area contributed by atoms with Crippen LogP contribution in [-0.4, -0.2) is 63.9 Å². The van der Waals surface area contributed by atoms with Gasteiger partial charge in [0.1, 0.15) is 24.1 Å². The van der Waals surface area contributed by atoms with E-state index in [0.717, 1.165) is 10.4 Å². The maximum atomic E-state index is 14.0. The van der Waals surface area contributed by atoms with Crippen molar-refractivity contribution >= 4 is 33.2 Å². The monoisotopic (exact) mass is 598 g/mol. The van der Waals surface area contributed by atoms with Gasteiger partial charge in [0, 0.05) is 25.2 Å². The summed E-state index contributed by atoms with van der Waals surface area (Å²) in [7, 11) is -0.0755. The minimum absolute atomic E-state index is 0.00549. The number of nitro benzene ring substituents is 1. The smallest absolute Gasteiger partial charge is 0.273 e. The van der Waals surface area contributed by atoms with Crippen LogP contribution in [0.4, 0.5) is 11.4 Å². The molecule has 13 heteroatoms. The fourth-order valence-corrected chi connectivity index (χ4v) is 5.84. The van der Waals surface area contributed by atoms with E-state index in [1.807, 2.05) is 0 Å². The first kappa shape index (κ1) is 31.9. The van der Waals surface area contributed by atoms with Gasteiger partial charge in [0.05, 0.1) is 29.7 Å². The van der Waals surface area contributed by atoms with Crippen LogP contribution in [-0.2, 0) is 26.2 Å². The maximum absolute atomic E-state index is 14.0. The SMILES string of the molecule is CCC(C(=O)NC)N(Cc1cccc(OC)c1)C(=O)CN(c1ccc(OC)cc1)S(=O)(=O)c1ccc(C)c([N+](=O)[O-])c1. The summed E-state index contributed by atoms with van der Waals surface area (Å²) in [5, 5.41) is 14.1. The highest BCUT2D eigenvalue weighted by atomic mass is 32.2. The molecular formula is C29H34N4O8S. The number of amides is 2. The molecule has 12 nitrogen and oxygen atoms in total. The number of sulfonamides is 1. The quantitative estimate of drug-likeness (QED) is 0.231. The first-order chi connectivity index (χ1) is 20.0. The zero-order chi connectivity index (χ0) is 31.0. The average molecular weight is 599 g/mol. The van der Waals surface area contributed by atoms with Crippen molar-refractivity contribution in [2.24, 2.45) is 0 Å². The average Bonchev–Trinajstić information content (AvgIpc) is 2.99. The van der Waals surface area contributed by atoms with Crippen molar-refractivity contribution in [2.75, 3.05) is 32.1 Å². The maximum Gasteiger partial charge on any atom is 0.273 e. The molecular weight excluding hydrogens is 564 g/mol. The number of carbonyl (C=O) groups excluding carboxylic acids is 2. The summed E-state index contributed by atoms with van der Waals surface area (Å²) in [4.78, 5) is 38.7. The second-order valence-electron chi connectivity index (χ2n) is 9.33. The van der Waals surface area contributed by atoms with Crippen molar-refractivity contribution in [3.63, 3.8) is 0 Å². The van der Waals surface area contributed by atoms with E-state index in [1.54, 1.807) is 31.2 Å². The number of ether oxygens (including phenoxy) is 2. The minimum Gasteiger partial charge on any atom is -0.497 e. The molecule has 0 saturated heterocycles. The van der Waals surface area contributed by atoms with E-state index in [9.17, 15) is 28.1 Å². The normalized spacial score (nSPS) is 11.7. The summed E-state index contributed by atoms with van der Waals surface area (Å²) >= 11 is 0. The lowest BCUT2D eigenvalue weighted by atomic mass is 10.1. The number of nitro groups is 1. The Bertz CT molecular complexity index is 1540. The number of nitrogens with one attached hydrogen (secondary N) is 1. The molecule has 0 heterocycles. The van der Waals surface area contributed by atoms with Gasteiger partial charge in [-0.15, -0.1) is 0 Å². The first-order valence-corrected chi connectivity index (χ1v) is 14.5. The Morgan fingerprint density at radius 1 is 1.00 bits per heavy atom. The second-order valence-corrected chi connectivity index (χ2v) is 11.2. The molecule has 3 aromatic rings. The number of methoxy groups -OCH3 is 2. The van der Waals surface area contributed by atoms with Crippen molar-refractivity contribution in [2.45, 2.75) is 37.8 Å². The zero-order valence-electron chi connectivity index (χ0n) is 24.1. The molecule has 1 N–H and O–H groups in total. The third-order valence-electron chi connectivity index (χ3n) is 6.72. The fraction of sp³-hybridized carbons (Fsp3) is 0.310. The Morgan fingerprint density at radius 2 is 1.67 bits per heavy atom. The molecule has 0 aliphatic rings. The third kappa shape index (κ3) is 7.16.